The molecule has 0 aromatic heterocycles. The molecule has 13 heavy (non-hydrogen) atoms. The number of nitrogens with zero attached hydrogens (tertiary/aromatic N) is 2. The fourth-order valence-corrected chi connectivity index (χ4v) is 1.92. The van der Waals surface area contributed by atoms with Crippen LogP contribution in [0.4, 0.5) is 0 Å². The molecule has 0 saturated carbocycles. The Hall–Kier alpha value is -1.80. The number of fused-ring (bicyclic) bond motifs is 1. The molecule has 1 aromatic carbocycles. The molecule has 1 aliphatic carbocycles. The predicted octanol–water partition coefficient (Wildman–Crippen LogP) is 1.92. The van der Waals surface area contributed by atoms with Gasteiger partial charge >= 0.3 is 0 Å². The van der Waals surface area contributed by atoms with E-state index in [-0.39, 0.29) is 0 Å². The van der Waals surface area contributed by atoms with Gasteiger partial charge in [-0.05, 0) is 42.5 Å². The molecule has 0 radical (unpaired) electrons. The summed E-state index contributed by atoms with van der Waals surface area (Å²) in [5.41, 5.74) is 3.68. The Morgan fingerprint density at radius 3 is 1.77 bits per heavy atom. The normalized spacial score (nSPS) is 13.1. The molecule has 2 heteroatoms. The molecule has 1 aromatic rings. The Kier molecular flexibility index (Phi) is 1.76. The molecule has 0 bridgehead atoms. The van der Waals surface area contributed by atoms with Crippen molar-refractivity contribution in [3.8, 4) is 12.1 Å². The van der Waals surface area contributed by atoms with E-state index in [4.69, 9.17) is 10.5 Å². The van der Waals surface area contributed by atoms with Crippen molar-refractivity contribution >= 4 is 0 Å². The topological polar surface area (TPSA) is 47.6 Å². The average molecular weight is 168 g/mol. The lowest BCUT2D eigenvalue weighted by Gasteiger charge is -2.02. The van der Waals surface area contributed by atoms with E-state index in [1.54, 1.807) is 12.1 Å². The van der Waals surface area contributed by atoms with Gasteiger partial charge in [0.05, 0.1) is 23.3 Å². The zero-order chi connectivity index (χ0) is 9.26. The number of hydrogen-bond donors (Lipinski definition) is 0. The second-order valence-electron chi connectivity index (χ2n) is 3.19. The van der Waals surface area contributed by atoms with E-state index >= 15 is 0 Å². The van der Waals surface area contributed by atoms with Crippen molar-refractivity contribution in [2.45, 2.75) is 19.3 Å². The van der Waals surface area contributed by atoms with Crippen molar-refractivity contribution in [1.82, 2.24) is 0 Å². The molecule has 2 rings (SSSR count). The molecular weight excluding hydrogens is 160 g/mol. The summed E-state index contributed by atoms with van der Waals surface area (Å²) < 4.78 is 0. The summed E-state index contributed by atoms with van der Waals surface area (Å²) in [5, 5.41) is 17.7. The van der Waals surface area contributed by atoms with Gasteiger partial charge in [0.2, 0.25) is 0 Å². The molecule has 1 aliphatic rings. The first-order valence-corrected chi connectivity index (χ1v) is 4.32. The Morgan fingerprint density at radius 1 is 0.923 bits per heavy atom. The average Bonchev–Trinajstić information content (AvgIpc) is 2.64. The zero-order valence-electron chi connectivity index (χ0n) is 7.17. The van der Waals surface area contributed by atoms with Gasteiger partial charge in [0, 0.05) is 0 Å². The molecule has 0 saturated heterocycles. The molecule has 0 aliphatic heterocycles. The first-order valence-electron chi connectivity index (χ1n) is 4.32. The monoisotopic (exact) mass is 168 g/mol. The fourth-order valence-electron chi connectivity index (χ4n) is 1.92. The van der Waals surface area contributed by atoms with Gasteiger partial charge in [-0.3, -0.25) is 0 Å². The third-order valence-corrected chi connectivity index (χ3v) is 2.53. The predicted molar refractivity (Wildman–Crippen MR) is 47.9 cm³/mol. The van der Waals surface area contributed by atoms with E-state index in [0.29, 0.717) is 0 Å². The summed E-state index contributed by atoms with van der Waals surface area (Å²) >= 11 is 0. The third kappa shape index (κ3) is 1.08. The maximum absolute atomic E-state index is 8.83. The maximum atomic E-state index is 8.83. The van der Waals surface area contributed by atoms with Crippen LogP contribution >= 0.6 is 0 Å². The minimum Gasteiger partial charge on any atom is -0.192 e. The van der Waals surface area contributed by atoms with Gasteiger partial charge in [0.25, 0.3) is 0 Å². The van der Waals surface area contributed by atoms with Crippen molar-refractivity contribution in [2.24, 2.45) is 0 Å². The first kappa shape index (κ1) is 7.83. The van der Waals surface area contributed by atoms with Gasteiger partial charge < -0.3 is 0 Å². The van der Waals surface area contributed by atoms with Crippen LogP contribution in [0, 0.1) is 22.7 Å². The van der Waals surface area contributed by atoms with Crippen LogP contribution in [0.15, 0.2) is 12.1 Å². The Balaban J connectivity index is 2.69. The van der Waals surface area contributed by atoms with Crippen molar-refractivity contribution in [3.63, 3.8) is 0 Å². The van der Waals surface area contributed by atoms with Crippen molar-refractivity contribution < 1.29 is 0 Å². The van der Waals surface area contributed by atoms with Crippen LogP contribution in [0.2, 0.25) is 0 Å². The van der Waals surface area contributed by atoms with E-state index in [1.165, 1.54) is 0 Å². The lowest BCUT2D eigenvalue weighted by atomic mass is 9.99. The lowest BCUT2D eigenvalue weighted by molar-refractivity contribution is 0.910. The van der Waals surface area contributed by atoms with Gasteiger partial charge in [-0.2, -0.15) is 10.5 Å². The van der Waals surface area contributed by atoms with Crippen LogP contribution in [-0.4, -0.2) is 0 Å². The minimum atomic E-state index is 0.742. The van der Waals surface area contributed by atoms with Gasteiger partial charge in [-0.1, -0.05) is 0 Å². The summed E-state index contributed by atoms with van der Waals surface area (Å²) in [6.07, 6.45) is 2.98. The summed E-state index contributed by atoms with van der Waals surface area (Å²) in [6.45, 7) is 0. The van der Waals surface area contributed by atoms with Gasteiger partial charge in [0.15, 0.2) is 0 Å². The number of rotatable bonds is 0. The largest absolute Gasteiger partial charge is 0.192 e. The molecule has 0 unspecified atom stereocenters. The number of hydrogen-bond acceptors (Lipinski definition) is 2. The second kappa shape index (κ2) is 2.92. The fraction of sp³-hybridized carbons (Fsp3) is 0.273. The first-order chi connectivity index (χ1) is 6.36. The van der Waals surface area contributed by atoms with Crippen molar-refractivity contribution in [3.05, 3.63) is 34.4 Å². The van der Waals surface area contributed by atoms with Crippen LogP contribution in [0.1, 0.15) is 28.7 Å². The third-order valence-electron chi connectivity index (χ3n) is 2.53. The molecule has 62 valence electrons. The highest BCUT2D eigenvalue weighted by atomic mass is 14.3. The van der Waals surface area contributed by atoms with Gasteiger partial charge in [-0.25, -0.2) is 0 Å². The molecule has 0 spiro atoms. The summed E-state index contributed by atoms with van der Waals surface area (Å²) in [5.74, 6) is 0. The quantitative estimate of drug-likeness (QED) is 0.594. The highest BCUT2D eigenvalue weighted by Gasteiger charge is 2.17. The number of benzene rings is 1. The minimum absolute atomic E-state index is 0.742. The number of nitriles is 2. The standard InChI is InChI=1S/C11H8N2/c12-6-8-4-5-9(7-13)11-3-1-2-10(8)11/h4-5H,1-3H2. The van der Waals surface area contributed by atoms with Crippen LogP contribution < -0.4 is 0 Å². The van der Waals surface area contributed by atoms with E-state index in [9.17, 15) is 0 Å². The van der Waals surface area contributed by atoms with Crippen molar-refractivity contribution in [1.29, 1.82) is 10.5 Å². The smallest absolute Gasteiger partial charge is 0.0994 e. The molecular formula is C11H8N2. The Labute approximate surface area is 77.0 Å². The molecule has 2 nitrogen and oxygen atoms in total. The molecule has 0 N–H and O–H groups in total. The highest BCUT2D eigenvalue weighted by Crippen LogP contribution is 2.27. The van der Waals surface area contributed by atoms with Gasteiger partial charge in [-0.15, -0.1) is 0 Å². The highest BCUT2D eigenvalue weighted by molar-refractivity contribution is 5.52. The molecule has 0 amide bonds. The SMILES string of the molecule is N#Cc1ccc(C#N)c2c1CCC2. The summed E-state index contributed by atoms with van der Waals surface area (Å²) in [7, 11) is 0. The molecule has 0 atom stereocenters. The second-order valence-corrected chi connectivity index (χ2v) is 3.19. The van der Waals surface area contributed by atoms with Gasteiger partial charge in [0.1, 0.15) is 0 Å². The Morgan fingerprint density at radius 2 is 1.38 bits per heavy atom. The van der Waals surface area contributed by atoms with Crippen molar-refractivity contribution in [2.75, 3.05) is 0 Å². The summed E-state index contributed by atoms with van der Waals surface area (Å²) in [4.78, 5) is 0. The van der Waals surface area contributed by atoms with Crippen LogP contribution in [-0.2, 0) is 12.8 Å². The van der Waals surface area contributed by atoms with E-state index < -0.39 is 0 Å². The maximum Gasteiger partial charge on any atom is 0.0994 e. The Bertz CT molecular complexity index is 392. The van der Waals surface area contributed by atoms with E-state index in [0.717, 1.165) is 41.5 Å². The van der Waals surface area contributed by atoms with Crippen LogP contribution in [0.3, 0.4) is 0 Å². The van der Waals surface area contributed by atoms with E-state index in [1.807, 2.05) is 0 Å². The molecule has 0 fully saturated rings. The zero-order valence-corrected chi connectivity index (χ0v) is 7.17. The van der Waals surface area contributed by atoms with Crippen LogP contribution in [0.5, 0.6) is 0 Å². The molecule has 0 heterocycles. The van der Waals surface area contributed by atoms with Crippen LogP contribution in [0.25, 0.3) is 0 Å². The lowest BCUT2D eigenvalue weighted by Crippen LogP contribution is -1.92. The van der Waals surface area contributed by atoms with E-state index in [2.05, 4.69) is 12.1 Å². The summed E-state index contributed by atoms with van der Waals surface area (Å²) in [6, 6.07) is 7.84.